The fraction of sp³-hybridized carbons (Fsp3) is 0.870. The average molecular weight is 330 g/mol. The Hall–Kier alpha value is -0.770. The van der Waals surface area contributed by atoms with Crippen molar-refractivity contribution in [2.45, 2.75) is 103 Å². The highest BCUT2D eigenvalue weighted by Gasteiger charge is 2.35. The number of nitrogens with zero attached hydrogens (tertiary/aromatic N) is 1. The van der Waals surface area contributed by atoms with E-state index in [1.165, 1.54) is 77.0 Å². The van der Waals surface area contributed by atoms with Crippen LogP contribution in [0.4, 0.5) is 0 Å². The Morgan fingerprint density at radius 3 is 2.08 bits per heavy atom. The van der Waals surface area contributed by atoms with Gasteiger partial charge < -0.3 is 0 Å². The first kappa shape index (κ1) is 19.6. The van der Waals surface area contributed by atoms with Crippen LogP contribution in [0.2, 0.25) is 0 Å². The monoisotopic (exact) mass is 329 g/mol. The SMILES string of the molecule is C=CCCCC1CCC(C#N)(CCC2CCC(CCC)CC2)CC1. The van der Waals surface area contributed by atoms with Gasteiger partial charge in [-0.2, -0.15) is 5.26 Å². The second kappa shape index (κ2) is 10.3. The Balaban J connectivity index is 1.69. The van der Waals surface area contributed by atoms with Gasteiger partial charge in [0.05, 0.1) is 11.5 Å². The molecule has 2 aliphatic carbocycles. The van der Waals surface area contributed by atoms with Gasteiger partial charge in [-0.15, -0.1) is 6.58 Å². The fourth-order valence-corrected chi connectivity index (χ4v) is 5.18. The molecule has 0 aromatic rings. The summed E-state index contributed by atoms with van der Waals surface area (Å²) in [5.41, 5.74) is 0.0230. The third-order valence-electron chi connectivity index (χ3n) is 7.01. The largest absolute Gasteiger partial charge is 0.198 e. The molecule has 0 atom stereocenters. The molecule has 0 heterocycles. The Morgan fingerprint density at radius 2 is 1.54 bits per heavy atom. The van der Waals surface area contributed by atoms with E-state index in [0.29, 0.717) is 0 Å². The molecule has 0 radical (unpaired) electrons. The molecule has 136 valence electrons. The zero-order valence-corrected chi connectivity index (χ0v) is 16.1. The van der Waals surface area contributed by atoms with Gasteiger partial charge in [0.2, 0.25) is 0 Å². The Bertz CT molecular complexity index is 389. The lowest BCUT2D eigenvalue weighted by atomic mass is 9.66. The van der Waals surface area contributed by atoms with Gasteiger partial charge in [0.1, 0.15) is 0 Å². The third kappa shape index (κ3) is 5.94. The van der Waals surface area contributed by atoms with Crippen LogP contribution in [0.3, 0.4) is 0 Å². The Morgan fingerprint density at radius 1 is 0.958 bits per heavy atom. The first-order chi connectivity index (χ1) is 11.7. The van der Waals surface area contributed by atoms with Crippen LogP contribution in [0.25, 0.3) is 0 Å². The van der Waals surface area contributed by atoms with Crippen LogP contribution in [0, 0.1) is 34.5 Å². The molecule has 1 heteroatoms. The first-order valence-electron chi connectivity index (χ1n) is 10.7. The highest BCUT2D eigenvalue weighted by Crippen LogP contribution is 2.45. The predicted molar refractivity (Wildman–Crippen MR) is 104 cm³/mol. The number of nitriles is 1. The summed E-state index contributed by atoms with van der Waals surface area (Å²) in [6.45, 7) is 6.14. The maximum atomic E-state index is 9.82. The summed E-state index contributed by atoms with van der Waals surface area (Å²) in [5, 5.41) is 9.82. The fourth-order valence-electron chi connectivity index (χ4n) is 5.18. The first-order valence-corrected chi connectivity index (χ1v) is 10.7. The van der Waals surface area contributed by atoms with E-state index in [1.54, 1.807) is 0 Å². The van der Waals surface area contributed by atoms with Crippen molar-refractivity contribution < 1.29 is 0 Å². The summed E-state index contributed by atoms with van der Waals surface area (Å²) in [6.07, 6.45) is 21.7. The zero-order valence-electron chi connectivity index (χ0n) is 16.1. The van der Waals surface area contributed by atoms with Gasteiger partial charge in [-0.3, -0.25) is 0 Å². The average Bonchev–Trinajstić information content (AvgIpc) is 2.63. The molecular weight excluding hydrogens is 290 g/mol. The van der Waals surface area contributed by atoms with Gasteiger partial charge in [0.25, 0.3) is 0 Å². The van der Waals surface area contributed by atoms with Gasteiger partial charge >= 0.3 is 0 Å². The van der Waals surface area contributed by atoms with Crippen molar-refractivity contribution in [1.82, 2.24) is 0 Å². The molecule has 0 bridgehead atoms. The second-order valence-electron chi connectivity index (χ2n) is 8.77. The standard InChI is InChI=1S/C23H39N/c1-3-5-6-8-21-13-16-23(19-24,17-14-21)18-15-22-11-9-20(7-4-2)10-12-22/h3,20-22H,1,4-18H2,2H3. The smallest absolute Gasteiger partial charge is 0.0689 e. The van der Waals surface area contributed by atoms with Crippen molar-refractivity contribution in [3.8, 4) is 6.07 Å². The Labute approximate surface area is 150 Å². The van der Waals surface area contributed by atoms with Crippen molar-refractivity contribution in [3.63, 3.8) is 0 Å². The van der Waals surface area contributed by atoms with Crippen LogP contribution in [-0.4, -0.2) is 0 Å². The van der Waals surface area contributed by atoms with Crippen LogP contribution < -0.4 is 0 Å². The lowest BCUT2D eigenvalue weighted by molar-refractivity contribution is 0.163. The van der Waals surface area contributed by atoms with E-state index >= 15 is 0 Å². The second-order valence-corrected chi connectivity index (χ2v) is 8.77. The Kier molecular flexibility index (Phi) is 8.37. The lowest BCUT2D eigenvalue weighted by Crippen LogP contribution is -2.27. The summed E-state index contributed by atoms with van der Waals surface area (Å²) in [4.78, 5) is 0. The summed E-state index contributed by atoms with van der Waals surface area (Å²) in [6, 6.07) is 2.76. The topological polar surface area (TPSA) is 23.8 Å². The molecule has 0 amide bonds. The zero-order chi connectivity index (χ0) is 17.3. The summed E-state index contributed by atoms with van der Waals surface area (Å²) >= 11 is 0. The van der Waals surface area contributed by atoms with Gasteiger partial charge in [0.15, 0.2) is 0 Å². The van der Waals surface area contributed by atoms with Gasteiger partial charge in [0, 0.05) is 0 Å². The van der Waals surface area contributed by atoms with Gasteiger partial charge in [-0.1, -0.05) is 57.9 Å². The molecule has 2 saturated carbocycles. The van der Waals surface area contributed by atoms with E-state index in [2.05, 4.69) is 19.6 Å². The molecule has 2 aliphatic rings. The third-order valence-corrected chi connectivity index (χ3v) is 7.01. The summed E-state index contributed by atoms with van der Waals surface area (Å²) < 4.78 is 0. The molecular formula is C23H39N. The highest BCUT2D eigenvalue weighted by atomic mass is 14.4. The maximum Gasteiger partial charge on any atom is 0.0689 e. The quantitative estimate of drug-likeness (QED) is 0.319. The molecule has 0 aromatic carbocycles. The molecule has 0 saturated heterocycles. The van der Waals surface area contributed by atoms with E-state index in [9.17, 15) is 5.26 Å². The molecule has 24 heavy (non-hydrogen) atoms. The summed E-state index contributed by atoms with van der Waals surface area (Å²) in [5.74, 6) is 2.78. The molecule has 0 aromatic heterocycles. The normalized spacial score (nSPS) is 33.8. The number of hydrogen-bond donors (Lipinski definition) is 0. The van der Waals surface area contributed by atoms with E-state index in [0.717, 1.165) is 37.0 Å². The van der Waals surface area contributed by atoms with Crippen molar-refractivity contribution in [3.05, 3.63) is 12.7 Å². The van der Waals surface area contributed by atoms with Crippen molar-refractivity contribution in [2.24, 2.45) is 23.2 Å². The van der Waals surface area contributed by atoms with Crippen LogP contribution >= 0.6 is 0 Å². The molecule has 2 fully saturated rings. The van der Waals surface area contributed by atoms with Gasteiger partial charge in [-0.25, -0.2) is 0 Å². The minimum atomic E-state index is 0.0230. The molecule has 2 rings (SSSR count). The minimum absolute atomic E-state index is 0.0230. The molecule has 0 unspecified atom stereocenters. The molecule has 0 N–H and O–H groups in total. The van der Waals surface area contributed by atoms with E-state index in [-0.39, 0.29) is 5.41 Å². The summed E-state index contributed by atoms with van der Waals surface area (Å²) in [7, 11) is 0. The lowest BCUT2D eigenvalue weighted by Gasteiger charge is -2.37. The number of rotatable bonds is 9. The van der Waals surface area contributed by atoms with Gasteiger partial charge in [-0.05, 0) is 69.1 Å². The highest BCUT2D eigenvalue weighted by molar-refractivity contribution is 5.01. The van der Waals surface area contributed by atoms with Crippen molar-refractivity contribution in [1.29, 1.82) is 5.26 Å². The molecule has 0 spiro atoms. The number of allylic oxidation sites excluding steroid dienone is 1. The van der Waals surface area contributed by atoms with E-state index in [4.69, 9.17) is 0 Å². The van der Waals surface area contributed by atoms with Crippen LogP contribution in [0.5, 0.6) is 0 Å². The van der Waals surface area contributed by atoms with Crippen LogP contribution in [-0.2, 0) is 0 Å². The predicted octanol–water partition coefficient (Wildman–Crippen LogP) is 7.43. The minimum Gasteiger partial charge on any atom is -0.198 e. The number of hydrogen-bond acceptors (Lipinski definition) is 1. The van der Waals surface area contributed by atoms with E-state index in [1.807, 2.05) is 6.08 Å². The van der Waals surface area contributed by atoms with Crippen molar-refractivity contribution in [2.75, 3.05) is 0 Å². The van der Waals surface area contributed by atoms with E-state index < -0.39 is 0 Å². The van der Waals surface area contributed by atoms with Crippen LogP contribution in [0.15, 0.2) is 12.7 Å². The van der Waals surface area contributed by atoms with Crippen molar-refractivity contribution >= 4 is 0 Å². The molecule has 1 nitrogen and oxygen atoms in total. The van der Waals surface area contributed by atoms with Crippen LogP contribution in [0.1, 0.15) is 103 Å². The number of unbranched alkanes of at least 4 members (excludes halogenated alkanes) is 1. The molecule has 0 aliphatic heterocycles. The maximum absolute atomic E-state index is 9.82.